The zero-order valence-electron chi connectivity index (χ0n) is 24.8. The molecule has 1 aromatic carbocycles. The molecule has 3 unspecified atom stereocenters. The van der Waals surface area contributed by atoms with Gasteiger partial charge in [0, 0.05) is 11.4 Å². The van der Waals surface area contributed by atoms with Crippen LogP contribution in [0.1, 0.15) is 122 Å². The van der Waals surface area contributed by atoms with Gasteiger partial charge in [-0.25, -0.2) is 4.79 Å². The first-order chi connectivity index (χ1) is 18.0. The van der Waals surface area contributed by atoms with E-state index in [-0.39, 0.29) is 12.1 Å². The maximum absolute atomic E-state index is 12.9. The molecule has 4 N–H and O–H groups in total. The second-order valence-electron chi connectivity index (χ2n) is 14.9. The van der Waals surface area contributed by atoms with Crippen LogP contribution in [0.15, 0.2) is 18.2 Å². The van der Waals surface area contributed by atoms with E-state index in [9.17, 15) is 4.79 Å². The van der Waals surface area contributed by atoms with E-state index in [0.717, 1.165) is 48.3 Å². The van der Waals surface area contributed by atoms with Gasteiger partial charge in [0.05, 0.1) is 5.56 Å². The van der Waals surface area contributed by atoms with Crippen molar-refractivity contribution in [2.75, 3.05) is 11.5 Å². The maximum Gasteiger partial charge on any atom is 0.338 e. The molecule has 9 atom stereocenters. The molecule has 0 bridgehead atoms. The molecule has 0 amide bonds. The van der Waals surface area contributed by atoms with Crippen LogP contribution in [0.3, 0.4) is 0 Å². The Kier molecular flexibility index (Phi) is 7.84. The van der Waals surface area contributed by atoms with Crippen molar-refractivity contribution in [3.63, 3.8) is 0 Å². The standard InChI is InChI=1S/C34H54N2O2/c1-21(2)7-6-8-22(3)29-11-12-30-28-10-9-24-19-27(38-32(37)23-17-25(35)20-26(36)18-23)13-15-33(24,4)31(28)14-16-34(29,30)5/h17-18,20-22,24,27-31H,6-16,19,35-36H2,1-5H3/t22?,24?,27?,28-,29+,30-,31-,33-,34+/m0/s1. The predicted octanol–water partition coefficient (Wildman–Crippen LogP) is 8.50. The number of carbonyl (C=O) groups excluding carboxylic acids is 1. The third kappa shape index (κ3) is 5.10. The summed E-state index contributed by atoms with van der Waals surface area (Å²) in [4.78, 5) is 12.9. The molecule has 4 saturated carbocycles. The van der Waals surface area contributed by atoms with Gasteiger partial charge < -0.3 is 16.2 Å². The van der Waals surface area contributed by atoms with Crippen molar-refractivity contribution in [3.8, 4) is 0 Å². The first-order valence-corrected chi connectivity index (χ1v) is 15.9. The molecule has 4 heteroatoms. The van der Waals surface area contributed by atoms with Gasteiger partial charge in [0.15, 0.2) is 0 Å². The Hall–Kier alpha value is -1.71. The number of rotatable bonds is 7. The van der Waals surface area contributed by atoms with Gasteiger partial charge >= 0.3 is 5.97 Å². The zero-order valence-corrected chi connectivity index (χ0v) is 24.8. The van der Waals surface area contributed by atoms with E-state index in [1.54, 1.807) is 18.2 Å². The van der Waals surface area contributed by atoms with Gasteiger partial charge in [-0.1, -0.05) is 53.9 Å². The third-order valence-corrected chi connectivity index (χ3v) is 12.3. The fourth-order valence-corrected chi connectivity index (χ4v) is 10.4. The molecule has 0 saturated heterocycles. The van der Waals surface area contributed by atoms with E-state index in [1.807, 2.05) is 0 Å². The Labute approximate surface area is 232 Å². The average Bonchev–Trinajstić information content (AvgIpc) is 3.20. The second-order valence-corrected chi connectivity index (χ2v) is 14.9. The predicted molar refractivity (Wildman–Crippen MR) is 158 cm³/mol. The molecule has 38 heavy (non-hydrogen) atoms. The van der Waals surface area contributed by atoms with Crippen LogP contribution < -0.4 is 11.5 Å². The molecule has 212 valence electrons. The van der Waals surface area contributed by atoms with Crippen LogP contribution in [0.5, 0.6) is 0 Å². The highest BCUT2D eigenvalue weighted by Gasteiger charge is 2.60. The zero-order chi connectivity index (χ0) is 27.2. The summed E-state index contributed by atoms with van der Waals surface area (Å²) >= 11 is 0. The highest BCUT2D eigenvalue weighted by molar-refractivity contribution is 5.91. The van der Waals surface area contributed by atoms with E-state index in [1.165, 1.54) is 64.2 Å². The summed E-state index contributed by atoms with van der Waals surface area (Å²) in [6, 6.07) is 5.03. The minimum absolute atomic E-state index is 0.0104. The highest BCUT2D eigenvalue weighted by Crippen LogP contribution is 2.68. The van der Waals surface area contributed by atoms with Crippen molar-refractivity contribution in [3.05, 3.63) is 23.8 Å². The third-order valence-electron chi connectivity index (χ3n) is 12.3. The normalized spacial score (nSPS) is 39.2. The fourth-order valence-electron chi connectivity index (χ4n) is 10.4. The molecule has 0 aliphatic heterocycles. The van der Waals surface area contributed by atoms with Crippen LogP contribution in [-0.4, -0.2) is 12.1 Å². The van der Waals surface area contributed by atoms with Gasteiger partial charge in [0.25, 0.3) is 0 Å². The molecule has 4 aliphatic rings. The van der Waals surface area contributed by atoms with E-state index in [0.29, 0.717) is 33.7 Å². The number of nitrogen functional groups attached to an aromatic ring is 2. The van der Waals surface area contributed by atoms with Crippen molar-refractivity contribution >= 4 is 17.3 Å². The summed E-state index contributed by atoms with van der Waals surface area (Å²) in [7, 11) is 0. The van der Waals surface area contributed by atoms with Crippen LogP contribution in [0, 0.1) is 52.3 Å². The monoisotopic (exact) mass is 522 g/mol. The van der Waals surface area contributed by atoms with E-state index >= 15 is 0 Å². The molecule has 1 aromatic rings. The van der Waals surface area contributed by atoms with Crippen molar-refractivity contribution in [2.24, 2.45) is 52.3 Å². The van der Waals surface area contributed by atoms with Crippen LogP contribution in [0.25, 0.3) is 0 Å². The Morgan fingerprint density at radius 1 is 0.895 bits per heavy atom. The summed E-state index contributed by atoms with van der Waals surface area (Å²) in [5, 5.41) is 0. The van der Waals surface area contributed by atoms with Gasteiger partial charge in [0.1, 0.15) is 6.10 Å². The van der Waals surface area contributed by atoms with Crippen molar-refractivity contribution in [1.82, 2.24) is 0 Å². The molecule has 0 aromatic heterocycles. The molecule has 4 nitrogen and oxygen atoms in total. The summed E-state index contributed by atoms with van der Waals surface area (Å²) in [6.45, 7) is 12.6. The number of ether oxygens (including phenoxy) is 1. The quantitative estimate of drug-likeness (QED) is 0.278. The summed E-state index contributed by atoms with van der Waals surface area (Å²) in [6.07, 6.45) is 15.8. The average molecular weight is 523 g/mol. The van der Waals surface area contributed by atoms with Gasteiger partial charge in [-0.15, -0.1) is 0 Å². The number of anilines is 2. The van der Waals surface area contributed by atoms with Crippen LogP contribution in [0.4, 0.5) is 11.4 Å². The van der Waals surface area contributed by atoms with Gasteiger partial charge in [-0.3, -0.25) is 0 Å². The minimum Gasteiger partial charge on any atom is -0.459 e. The summed E-state index contributed by atoms with van der Waals surface area (Å²) in [5.41, 5.74) is 14.3. The maximum atomic E-state index is 12.9. The lowest BCUT2D eigenvalue weighted by Crippen LogP contribution is -2.54. The Morgan fingerprint density at radius 3 is 2.29 bits per heavy atom. The number of benzene rings is 1. The molecular weight excluding hydrogens is 468 g/mol. The number of hydrogen-bond donors (Lipinski definition) is 2. The minimum atomic E-state index is -0.278. The van der Waals surface area contributed by atoms with Crippen LogP contribution in [-0.2, 0) is 4.74 Å². The number of esters is 1. The summed E-state index contributed by atoms with van der Waals surface area (Å²) < 4.78 is 6.04. The SMILES string of the molecule is CC(C)CCCC(C)[C@H]1CC[C@H]2[C@@H]3CCC4CC(OC(=O)c5cc(N)cc(N)c5)CC[C@]4(C)[C@H]3CC[C@]12C. The highest BCUT2D eigenvalue weighted by atomic mass is 16.5. The Morgan fingerprint density at radius 2 is 1.58 bits per heavy atom. The Bertz CT molecular complexity index is 986. The second kappa shape index (κ2) is 10.7. The smallest absolute Gasteiger partial charge is 0.338 e. The van der Waals surface area contributed by atoms with Crippen molar-refractivity contribution < 1.29 is 9.53 Å². The molecule has 5 rings (SSSR count). The topological polar surface area (TPSA) is 78.3 Å². The molecule has 4 fully saturated rings. The summed E-state index contributed by atoms with van der Waals surface area (Å²) in [5.74, 6) is 5.67. The van der Waals surface area contributed by atoms with Gasteiger partial charge in [-0.2, -0.15) is 0 Å². The fraction of sp³-hybridized carbons (Fsp3) is 0.794. The molecular formula is C34H54N2O2. The van der Waals surface area contributed by atoms with Gasteiger partial charge in [0.2, 0.25) is 0 Å². The first kappa shape index (κ1) is 27.8. The van der Waals surface area contributed by atoms with Crippen LogP contribution >= 0.6 is 0 Å². The number of nitrogens with two attached hydrogens (primary N) is 2. The van der Waals surface area contributed by atoms with E-state index in [2.05, 4.69) is 34.6 Å². The number of fused-ring (bicyclic) bond motifs is 5. The van der Waals surface area contributed by atoms with Crippen LogP contribution in [0.2, 0.25) is 0 Å². The lowest BCUT2D eigenvalue weighted by molar-refractivity contribution is -0.130. The Balaban J connectivity index is 1.22. The number of hydrogen-bond acceptors (Lipinski definition) is 4. The molecule has 0 heterocycles. The number of carbonyl (C=O) groups is 1. The van der Waals surface area contributed by atoms with E-state index in [4.69, 9.17) is 16.2 Å². The molecule has 4 aliphatic carbocycles. The lowest BCUT2D eigenvalue weighted by atomic mass is 9.44. The van der Waals surface area contributed by atoms with Crippen molar-refractivity contribution in [2.45, 2.75) is 118 Å². The van der Waals surface area contributed by atoms with Gasteiger partial charge in [-0.05, 0) is 128 Å². The molecule has 0 spiro atoms. The molecule has 0 radical (unpaired) electrons. The first-order valence-electron chi connectivity index (χ1n) is 15.9. The lowest BCUT2D eigenvalue weighted by Gasteiger charge is -2.61. The van der Waals surface area contributed by atoms with E-state index < -0.39 is 0 Å². The van der Waals surface area contributed by atoms with Crippen molar-refractivity contribution in [1.29, 1.82) is 0 Å². The largest absolute Gasteiger partial charge is 0.459 e.